The molecule has 2 aromatic carbocycles. The van der Waals surface area contributed by atoms with E-state index in [1.807, 2.05) is 0 Å². The first-order valence-electron chi connectivity index (χ1n) is 10.2. The second-order valence-electron chi connectivity index (χ2n) is 8.01. The van der Waals surface area contributed by atoms with Crippen molar-refractivity contribution in [2.75, 3.05) is 25.0 Å². The number of amides is 2. The number of nitrogens with one attached hydrogen (secondary N) is 1. The minimum absolute atomic E-state index is 0.0622. The molecule has 1 saturated heterocycles. The molecular formula is C22H22ClF3N2O4. The highest BCUT2D eigenvalue weighted by molar-refractivity contribution is 6.32. The number of aliphatic hydroxyl groups excluding tert-OH is 1. The molecule has 1 unspecified atom stereocenters. The fourth-order valence-electron chi connectivity index (χ4n) is 4.04. The Kier molecular flexibility index (Phi) is 6.13. The number of halogens is 4. The number of anilines is 1. The predicted octanol–water partition coefficient (Wildman–Crippen LogP) is 5.16. The third-order valence-electron chi connectivity index (χ3n) is 5.71. The van der Waals surface area contributed by atoms with Gasteiger partial charge in [0.2, 0.25) is 0 Å². The third kappa shape index (κ3) is 5.05. The van der Waals surface area contributed by atoms with E-state index in [4.69, 9.17) is 16.3 Å². The molecule has 1 fully saturated rings. The van der Waals surface area contributed by atoms with Crippen molar-refractivity contribution in [3.8, 4) is 11.5 Å². The molecule has 0 aromatic heterocycles. The minimum atomic E-state index is -4.41. The van der Waals surface area contributed by atoms with Gasteiger partial charge in [-0.2, -0.15) is 13.2 Å². The van der Waals surface area contributed by atoms with E-state index >= 15 is 0 Å². The summed E-state index contributed by atoms with van der Waals surface area (Å²) in [6, 6.07) is 10.7. The number of hydrogen-bond donors (Lipinski definition) is 2. The summed E-state index contributed by atoms with van der Waals surface area (Å²) in [6.45, 7) is -0.531. The van der Waals surface area contributed by atoms with Crippen LogP contribution in [-0.4, -0.2) is 47.5 Å². The molecule has 4 rings (SSSR count). The number of ether oxygens (including phenoxy) is 2. The second-order valence-corrected chi connectivity index (χ2v) is 8.42. The fraction of sp³-hybridized carbons (Fsp3) is 0.409. The van der Waals surface area contributed by atoms with Gasteiger partial charge in [0.15, 0.2) is 6.61 Å². The summed E-state index contributed by atoms with van der Waals surface area (Å²) in [6.07, 6.45) is -3.60. The van der Waals surface area contributed by atoms with Crippen LogP contribution in [-0.2, 0) is 0 Å². The van der Waals surface area contributed by atoms with Gasteiger partial charge in [0.1, 0.15) is 17.1 Å². The molecule has 0 radical (unpaired) electrons. The van der Waals surface area contributed by atoms with Crippen LogP contribution in [0.15, 0.2) is 42.5 Å². The summed E-state index contributed by atoms with van der Waals surface area (Å²) in [4.78, 5) is 14.3. The van der Waals surface area contributed by atoms with Crippen molar-refractivity contribution in [2.45, 2.75) is 37.1 Å². The van der Waals surface area contributed by atoms with Gasteiger partial charge in [0, 0.05) is 43.6 Å². The Morgan fingerprint density at radius 2 is 1.91 bits per heavy atom. The largest absolute Gasteiger partial charge is 0.485 e. The van der Waals surface area contributed by atoms with Gasteiger partial charge >= 0.3 is 12.2 Å². The second kappa shape index (κ2) is 8.71. The summed E-state index contributed by atoms with van der Waals surface area (Å²) < 4.78 is 47.6. The number of benzene rings is 2. The van der Waals surface area contributed by atoms with Crippen LogP contribution in [0.4, 0.5) is 23.7 Å². The number of hydrogen-bond acceptors (Lipinski definition) is 4. The molecule has 2 aromatic rings. The van der Waals surface area contributed by atoms with Gasteiger partial charge in [0.05, 0.1) is 11.1 Å². The number of likely N-dealkylation sites (tertiary alicyclic amines) is 1. The minimum Gasteiger partial charge on any atom is -0.485 e. The van der Waals surface area contributed by atoms with Crippen molar-refractivity contribution in [3.63, 3.8) is 0 Å². The zero-order valence-corrected chi connectivity index (χ0v) is 17.7. The lowest BCUT2D eigenvalue weighted by Gasteiger charge is -2.46. The van der Waals surface area contributed by atoms with Crippen molar-refractivity contribution in [2.24, 2.45) is 0 Å². The van der Waals surface area contributed by atoms with Gasteiger partial charge in [-0.1, -0.05) is 23.7 Å². The number of rotatable bonds is 3. The van der Waals surface area contributed by atoms with Crippen molar-refractivity contribution in [1.82, 2.24) is 4.90 Å². The highest BCUT2D eigenvalue weighted by atomic mass is 35.5. The van der Waals surface area contributed by atoms with E-state index in [-0.39, 0.29) is 11.8 Å². The van der Waals surface area contributed by atoms with Gasteiger partial charge in [-0.05, 0) is 30.3 Å². The zero-order chi connectivity index (χ0) is 22.9. The van der Waals surface area contributed by atoms with E-state index in [1.165, 1.54) is 24.3 Å². The van der Waals surface area contributed by atoms with Crippen molar-refractivity contribution >= 4 is 23.3 Å². The van der Waals surface area contributed by atoms with Crippen LogP contribution < -0.4 is 14.8 Å². The zero-order valence-electron chi connectivity index (χ0n) is 17.0. The molecule has 1 spiro atoms. The summed E-state index contributed by atoms with van der Waals surface area (Å²) in [7, 11) is 0. The molecule has 32 heavy (non-hydrogen) atoms. The van der Waals surface area contributed by atoms with Crippen LogP contribution in [0.2, 0.25) is 5.02 Å². The molecular weight excluding hydrogens is 449 g/mol. The van der Waals surface area contributed by atoms with Gasteiger partial charge < -0.3 is 24.8 Å². The Morgan fingerprint density at radius 3 is 2.56 bits per heavy atom. The molecule has 10 heteroatoms. The SMILES string of the molecule is O=C(Nc1ccc(OCC(F)(F)F)cc1)N1CCC2(CC1)CC(O)c1cccc(Cl)c1O2. The lowest BCUT2D eigenvalue weighted by Crippen LogP contribution is -2.52. The fourth-order valence-corrected chi connectivity index (χ4v) is 4.26. The maximum absolute atomic E-state index is 12.6. The number of fused-ring (bicyclic) bond motifs is 1. The van der Waals surface area contributed by atoms with E-state index in [1.54, 1.807) is 23.1 Å². The Labute approximate surface area is 187 Å². The summed E-state index contributed by atoms with van der Waals surface area (Å²) in [5.41, 5.74) is 0.525. The molecule has 2 N–H and O–H groups in total. The Balaban J connectivity index is 1.33. The molecule has 2 aliphatic rings. The van der Waals surface area contributed by atoms with E-state index in [0.29, 0.717) is 54.4 Å². The number of carbonyl (C=O) groups is 1. The number of carbonyl (C=O) groups excluding carboxylic acids is 1. The van der Waals surface area contributed by atoms with Crippen LogP contribution in [0, 0.1) is 0 Å². The van der Waals surface area contributed by atoms with Crippen molar-refractivity contribution < 1.29 is 32.5 Å². The van der Waals surface area contributed by atoms with Crippen molar-refractivity contribution in [1.29, 1.82) is 0 Å². The lowest BCUT2D eigenvalue weighted by atomic mass is 9.82. The molecule has 2 heterocycles. The Hall–Kier alpha value is -2.65. The predicted molar refractivity (Wildman–Crippen MR) is 112 cm³/mol. The van der Waals surface area contributed by atoms with E-state index in [9.17, 15) is 23.1 Å². The standard InChI is InChI=1S/C22H22ClF3N2O4/c23-17-3-1-2-16-18(29)12-21(32-19(16)17)8-10-28(11-9-21)20(30)27-14-4-6-15(7-5-14)31-13-22(24,25)26/h1-7,18,29H,8-13H2,(H,27,30). The monoisotopic (exact) mass is 470 g/mol. The summed E-state index contributed by atoms with van der Waals surface area (Å²) in [5, 5.41) is 13.8. The quantitative estimate of drug-likeness (QED) is 0.649. The van der Waals surface area contributed by atoms with Gasteiger partial charge in [-0.3, -0.25) is 0 Å². The average molecular weight is 471 g/mol. The smallest absolute Gasteiger partial charge is 0.422 e. The maximum Gasteiger partial charge on any atom is 0.422 e. The Bertz CT molecular complexity index is 976. The highest BCUT2D eigenvalue weighted by Gasteiger charge is 2.44. The number of nitrogens with zero attached hydrogens (tertiary/aromatic N) is 1. The molecule has 0 saturated carbocycles. The number of para-hydroxylation sites is 1. The number of piperidine rings is 1. The molecule has 0 aliphatic carbocycles. The van der Waals surface area contributed by atoms with Crippen LogP contribution in [0.25, 0.3) is 0 Å². The molecule has 0 bridgehead atoms. The molecule has 6 nitrogen and oxygen atoms in total. The van der Waals surface area contributed by atoms with E-state index < -0.39 is 24.5 Å². The molecule has 1 atom stereocenters. The van der Waals surface area contributed by atoms with Crippen molar-refractivity contribution in [3.05, 3.63) is 53.1 Å². The van der Waals surface area contributed by atoms with Crippen LogP contribution in [0.5, 0.6) is 11.5 Å². The lowest BCUT2D eigenvalue weighted by molar-refractivity contribution is -0.153. The average Bonchev–Trinajstić information content (AvgIpc) is 2.74. The Morgan fingerprint density at radius 1 is 1.22 bits per heavy atom. The number of alkyl halides is 3. The first-order chi connectivity index (χ1) is 15.1. The first kappa shape index (κ1) is 22.5. The van der Waals surface area contributed by atoms with E-state index in [0.717, 1.165) is 0 Å². The molecule has 172 valence electrons. The van der Waals surface area contributed by atoms with Gasteiger partial charge in [0.25, 0.3) is 0 Å². The number of urea groups is 1. The molecule has 2 aliphatic heterocycles. The topological polar surface area (TPSA) is 71.0 Å². The summed E-state index contributed by atoms with van der Waals surface area (Å²) in [5.74, 6) is 0.561. The highest BCUT2D eigenvalue weighted by Crippen LogP contribution is 2.47. The van der Waals surface area contributed by atoms with Crippen LogP contribution >= 0.6 is 11.6 Å². The van der Waals surface area contributed by atoms with Gasteiger partial charge in [-0.25, -0.2) is 4.79 Å². The maximum atomic E-state index is 12.6. The normalized spacial score (nSPS) is 19.8. The van der Waals surface area contributed by atoms with Gasteiger partial charge in [-0.15, -0.1) is 0 Å². The van der Waals surface area contributed by atoms with Crippen LogP contribution in [0.3, 0.4) is 0 Å². The summed E-state index contributed by atoms with van der Waals surface area (Å²) >= 11 is 6.26. The van der Waals surface area contributed by atoms with Crippen LogP contribution in [0.1, 0.15) is 30.9 Å². The molecule has 2 amide bonds. The third-order valence-corrected chi connectivity index (χ3v) is 6.01. The number of aliphatic hydroxyl groups is 1. The van der Waals surface area contributed by atoms with E-state index in [2.05, 4.69) is 10.1 Å². The first-order valence-corrected chi connectivity index (χ1v) is 10.5.